The number of rotatable bonds is 8. The molecule has 2 aromatic carbocycles. The molecular formula is C18H19Cl2NO2S. The molecule has 0 saturated heterocycles. The van der Waals surface area contributed by atoms with Gasteiger partial charge in [0.25, 0.3) is 5.91 Å². The first kappa shape index (κ1) is 19.0. The molecule has 1 amide bonds. The fourth-order valence-electron chi connectivity index (χ4n) is 1.99. The first-order valence-electron chi connectivity index (χ1n) is 7.52. The standard InChI is InChI=1S/C18H19Cl2NO2S/c1-13-9-16(5-6-17(13)20)23-11-18(22)21-7-8-24-12-14-3-2-4-15(19)10-14/h2-6,9-10H,7-8,11-12H2,1H3,(H,21,22). The highest BCUT2D eigenvalue weighted by Gasteiger charge is 2.04. The van der Waals surface area contributed by atoms with Crippen molar-refractivity contribution in [3.05, 3.63) is 63.6 Å². The molecule has 6 heteroatoms. The fourth-order valence-corrected chi connectivity index (χ4v) is 3.12. The van der Waals surface area contributed by atoms with Gasteiger partial charge >= 0.3 is 0 Å². The van der Waals surface area contributed by atoms with Crippen LogP contribution >= 0.6 is 35.0 Å². The van der Waals surface area contributed by atoms with Crippen LogP contribution in [0.2, 0.25) is 10.0 Å². The van der Waals surface area contributed by atoms with E-state index < -0.39 is 0 Å². The monoisotopic (exact) mass is 383 g/mol. The second kappa shape index (κ2) is 9.82. The molecule has 0 aromatic heterocycles. The quantitative estimate of drug-likeness (QED) is 0.669. The number of carbonyl (C=O) groups excluding carboxylic acids is 1. The van der Waals surface area contributed by atoms with Crippen molar-refractivity contribution in [3.63, 3.8) is 0 Å². The SMILES string of the molecule is Cc1cc(OCC(=O)NCCSCc2cccc(Cl)c2)ccc1Cl. The van der Waals surface area contributed by atoms with Crippen LogP contribution in [0.25, 0.3) is 0 Å². The minimum absolute atomic E-state index is 0.0000320. The van der Waals surface area contributed by atoms with E-state index >= 15 is 0 Å². The molecule has 0 aliphatic rings. The number of aryl methyl sites for hydroxylation is 1. The van der Waals surface area contributed by atoms with Gasteiger partial charge in [-0.1, -0.05) is 35.3 Å². The van der Waals surface area contributed by atoms with Crippen LogP contribution in [-0.2, 0) is 10.5 Å². The molecule has 0 aliphatic heterocycles. The summed E-state index contributed by atoms with van der Waals surface area (Å²) in [4.78, 5) is 11.8. The first-order chi connectivity index (χ1) is 11.5. The molecule has 2 rings (SSSR count). The number of amides is 1. The van der Waals surface area contributed by atoms with Crippen LogP contribution in [0, 0.1) is 6.92 Å². The van der Waals surface area contributed by atoms with Gasteiger partial charge in [0, 0.05) is 28.1 Å². The van der Waals surface area contributed by atoms with Gasteiger partial charge in [-0.05, 0) is 48.4 Å². The van der Waals surface area contributed by atoms with E-state index in [0.29, 0.717) is 17.3 Å². The minimum Gasteiger partial charge on any atom is -0.484 e. The van der Waals surface area contributed by atoms with Crippen molar-refractivity contribution in [2.24, 2.45) is 0 Å². The van der Waals surface area contributed by atoms with Gasteiger partial charge in [0.2, 0.25) is 0 Å². The summed E-state index contributed by atoms with van der Waals surface area (Å²) in [6.07, 6.45) is 0. The van der Waals surface area contributed by atoms with E-state index in [1.807, 2.05) is 37.3 Å². The molecule has 0 heterocycles. The lowest BCUT2D eigenvalue weighted by atomic mass is 10.2. The predicted octanol–water partition coefficient (Wildman–Crippen LogP) is 4.73. The molecular weight excluding hydrogens is 365 g/mol. The van der Waals surface area contributed by atoms with E-state index in [1.165, 1.54) is 5.56 Å². The third-order valence-electron chi connectivity index (χ3n) is 3.23. The van der Waals surface area contributed by atoms with Gasteiger partial charge in [0.15, 0.2) is 6.61 Å². The van der Waals surface area contributed by atoms with Crippen LogP contribution in [0.4, 0.5) is 0 Å². The number of carbonyl (C=O) groups is 1. The molecule has 2 aromatic rings. The Labute approximate surface area is 156 Å². The Bertz CT molecular complexity index is 694. The normalized spacial score (nSPS) is 10.5. The van der Waals surface area contributed by atoms with Crippen LogP contribution in [0.5, 0.6) is 5.75 Å². The van der Waals surface area contributed by atoms with Crippen LogP contribution in [-0.4, -0.2) is 24.8 Å². The summed E-state index contributed by atoms with van der Waals surface area (Å²) >= 11 is 13.6. The molecule has 0 atom stereocenters. The first-order valence-corrected chi connectivity index (χ1v) is 9.43. The molecule has 0 spiro atoms. The van der Waals surface area contributed by atoms with Gasteiger partial charge in [0.05, 0.1) is 0 Å². The zero-order chi connectivity index (χ0) is 17.4. The van der Waals surface area contributed by atoms with Crippen LogP contribution in [0.3, 0.4) is 0 Å². The maximum absolute atomic E-state index is 11.8. The van der Waals surface area contributed by atoms with Crippen molar-refractivity contribution in [1.82, 2.24) is 5.32 Å². The van der Waals surface area contributed by atoms with E-state index in [4.69, 9.17) is 27.9 Å². The summed E-state index contributed by atoms with van der Waals surface area (Å²) in [5.74, 6) is 2.21. The predicted molar refractivity (Wildman–Crippen MR) is 102 cm³/mol. The Kier molecular flexibility index (Phi) is 7.76. The van der Waals surface area contributed by atoms with Crippen LogP contribution < -0.4 is 10.1 Å². The van der Waals surface area contributed by atoms with Gasteiger partial charge in [0.1, 0.15) is 5.75 Å². The van der Waals surface area contributed by atoms with Gasteiger partial charge in [-0.3, -0.25) is 4.79 Å². The molecule has 0 radical (unpaired) electrons. The molecule has 0 saturated carbocycles. The van der Waals surface area contributed by atoms with Gasteiger partial charge < -0.3 is 10.1 Å². The van der Waals surface area contributed by atoms with Gasteiger partial charge in [-0.15, -0.1) is 0 Å². The number of ether oxygens (including phenoxy) is 1. The summed E-state index contributed by atoms with van der Waals surface area (Å²) in [6, 6.07) is 13.1. The Morgan fingerprint density at radius 3 is 2.79 bits per heavy atom. The Morgan fingerprint density at radius 2 is 2.04 bits per heavy atom. The number of thioether (sulfide) groups is 1. The topological polar surface area (TPSA) is 38.3 Å². The minimum atomic E-state index is -0.133. The zero-order valence-electron chi connectivity index (χ0n) is 13.4. The second-order valence-corrected chi connectivity index (χ2v) is 7.18. The largest absolute Gasteiger partial charge is 0.484 e. The van der Waals surface area contributed by atoms with E-state index in [9.17, 15) is 4.79 Å². The molecule has 128 valence electrons. The summed E-state index contributed by atoms with van der Waals surface area (Å²) < 4.78 is 5.45. The average molecular weight is 384 g/mol. The smallest absolute Gasteiger partial charge is 0.257 e. The highest BCUT2D eigenvalue weighted by Crippen LogP contribution is 2.21. The maximum Gasteiger partial charge on any atom is 0.257 e. The summed E-state index contributed by atoms with van der Waals surface area (Å²) in [5.41, 5.74) is 2.10. The van der Waals surface area contributed by atoms with Gasteiger partial charge in [-0.2, -0.15) is 11.8 Å². The molecule has 0 unspecified atom stereocenters. The summed E-state index contributed by atoms with van der Waals surface area (Å²) in [6.45, 7) is 2.50. The molecule has 0 fully saturated rings. The van der Waals surface area contributed by atoms with Crippen LogP contribution in [0.15, 0.2) is 42.5 Å². The van der Waals surface area contributed by atoms with Gasteiger partial charge in [-0.25, -0.2) is 0 Å². The molecule has 1 N–H and O–H groups in total. The zero-order valence-corrected chi connectivity index (χ0v) is 15.7. The average Bonchev–Trinajstić information content (AvgIpc) is 2.56. The second-order valence-electron chi connectivity index (χ2n) is 5.23. The van der Waals surface area contributed by atoms with Crippen molar-refractivity contribution >= 4 is 40.9 Å². The van der Waals surface area contributed by atoms with Crippen molar-refractivity contribution in [1.29, 1.82) is 0 Å². The molecule has 0 aliphatic carbocycles. The number of halogens is 2. The fraction of sp³-hybridized carbons (Fsp3) is 0.278. The van der Waals surface area contributed by atoms with E-state index in [2.05, 4.69) is 5.32 Å². The highest BCUT2D eigenvalue weighted by molar-refractivity contribution is 7.98. The highest BCUT2D eigenvalue weighted by atomic mass is 35.5. The summed E-state index contributed by atoms with van der Waals surface area (Å²) in [5, 5.41) is 4.27. The maximum atomic E-state index is 11.8. The third-order valence-corrected chi connectivity index (χ3v) is 4.92. The van der Waals surface area contributed by atoms with E-state index in [0.717, 1.165) is 22.1 Å². The Hall–Kier alpha value is -1.36. The molecule has 3 nitrogen and oxygen atoms in total. The lowest BCUT2D eigenvalue weighted by Crippen LogP contribution is -2.30. The number of hydrogen-bond donors (Lipinski definition) is 1. The number of hydrogen-bond acceptors (Lipinski definition) is 3. The molecule has 0 bridgehead atoms. The van der Waals surface area contributed by atoms with Crippen molar-refractivity contribution in [2.75, 3.05) is 18.9 Å². The number of benzene rings is 2. The third kappa shape index (κ3) is 6.63. The van der Waals surface area contributed by atoms with Crippen molar-refractivity contribution in [3.8, 4) is 5.75 Å². The number of nitrogens with one attached hydrogen (secondary N) is 1. The van der Waals surface area contributed by atoms with Crippen molar-refractivity contribution < 1.29 is 9.53 Å². The van der Waals surface area contributed by atoms with Crippen molar-refractivity contribution in [2.45, 2.75) is 12.7 Å². The lowest BCUT2D eigenvalue weighted by molar-refractivity contribution is -0.122. The van der Waals surface area contributed by atoms with Crippen LogP contribution in [0.1, 0.15) is 11.1 Å². The Balaban J connectivity index is 1.60. The molecule has 24 heavy (non-hydrogen) atoms. The van der Waals surface area contributed by atoms with E-state index in [-0.39, 0.29) is 12.5 Å². The summed E-state index contributed by atoms with van der Waals surface area (Å²) in [7, 11) is 0. The van der Waals surface area contributed by atoms with E-state index in [1.54, 1.807) is 23.9 Å². The lowest BCUT2D eigenvalue weighted by Gasteiger charge is -2.08. The Morgan fingerprint density at radius 1 is 1.21 bits per heavy atom.